The summed E-state index contributed by atoms with van der Waals surface area (Å²) in [6.45, 7) is 2.78. The summed E-state index contributed by atoms with van der Waals surface area (Å²) in [4.78, 5) is 13.2. The van der Waals surface area contributed by atoms with Gasteiger partial charge in [0.15, 0.2) is 12.6 Å². The molecule has 2 aliphatic heterocycles. The van der Waals surface area contributed by atoms with Gasteiger partial charge in [-0.15, -0.1) is 0 Å². The van der Waals surface area contributed by atoms with Crippen molar-refractivity contribution in [3.05, 3.63) is 24.3 Å². The molecular weight excluding hydrogens is 859 g/mol. The molecular formula is C53H99NO13. The van der Waals surface area contributed by atoms with Gasteiger partial charge in [-0.3, -0.25) is 4.79 Å². The molecule has 2 rings (SSSR count). The van der Waals surface area contributed by atoms with Gasteiger partial charge in [0.25, 0.3) is 0 Å². The van der Waals surface area contributed by atoms with Crippen molar-refractivity contribution in [1.29, 1.82) is 0 Å². The first-order valence-electron chi connectivity index (χ1n) is 27.1. The van der Waals surface area contributed by atoms with Crippen molar-refractivity contribution in [2.75, 3.05) is 19.8 Å². The maximum Gasteiger partial charge on any atom is 0.220 e. The van der Waals surface area contributed by atoms with E-state index in [9.17, 15) is 45.6 Å². The third kappa shape index (κ3) is 27.0. The smallest absolute Gasteiger partial charge is 0.220 e. The number of ether oxygens (including phenoxy) is 4. The van der Waals surface area contributed by atoms with E-state index >= 15 is 0 Å². The Hall–Kier alpha value is -1.53. The molecule has 1 amide bonds. The van der Waals surface area contributed by atoms with Crippen LogP contribution in [0.25, 0.3) is 0 Å². The van der Waals surface area contributed by atoms with E-state index in [1.54, 1.807) is 6.08 Å². The Morgan fingerprint density at radius 1 is 0.522 bits per heavy atom. The second-order valence-corrected chi connectivity index (χ2v) is 19.4. The molecule has 0 bridgehead atoms. The quantitative estimate of drug-likeness (QED) is 0.0211. The molecule has 9 N–H and O–H groups in total. The minimum Gasteiger partial charge on any atom is -0.394 e. The van der Waals surface area contributed by atoms with Crippen LogP contribution >= 0.6 is 0 Å². The molecule has 2 heterocycles. The molecule has 0 spiro atoms. The summed E-state index contributed by atoms with van der Waals surface area (Å²) in [5.41, 5.74) is 0. The van der Waals surface area contributed by atoms with Crippen LogP contribution in [0.2, 0.25) is 0 Å². The van der Waals surface area contributed by atoms with E-state index in [0.29, 0.717) is 12.8 Å². The second-order valence-electron chi connectivity index (χ2n) is 19.4. The lowest BCUT2D eigenvalue weighted by atomic mass is 9.97. The zero-order chi connectivity index (χ0) is 48.9. The zero-order valence-corrected chi connectivity index (χ0v) is 41.9. The number of hydrogen-bond donors (Lipinski definition) is 9. The molecule has 0 saturated carbocycles. The average molecular weight is 958 g/mol. The molecule has 67 heavy (non-hydrogen) atoms. The molecule has 0 aromatic carbocycles. The molecule has 2 aliphatic rings. The fourth-order valence-corrected chi connectivity index (χ4v) is 8.95. The Morgan fingerprint density at radius 2 is 0.955 bits per heavy atom. The number of aliphatic hydroxyl groups excluding tert-OH is 8. The van der Waals surface area contributed by atoms with Crippen molar-refractivity contribution in [3.8, 4) is 0 Å². The Balaban J connectivity index is 1.84. The summed E-state index contributed by atoms with van der Waals surface area (Å²) in [6, 6.07) is -0.926. The Bertz CT molecular complexity index is 1220. The number of nitrogens with one attached hydrogen (secondary N) is 1. The van der Waals surface area contributed by atoms with Crippen LogP contribution in [0, 0.1) is 0 Å². The fraction of sp³-hybridized carbons (Fsp3) is 0.906. The van der Waals surface area contributed by atoms with Gasteiger partial charge in [0.1, 0.15) is 48.8 Å². The number of allylic oxidation sites excluding steroid dienone is 3. The molecule has 12 atom stereocenters. The van der Waals surface area contributed by atoms with Gasteiger partial charge < -0.3 is 65.1 Å². The molecule has 2 fully saturated rings. The van der Waals surface area contributed by atoms with Gasteiger partial charge in [-0.25, -0.2) is 0 Å². The number of carbonyl (C=O) groups is 1. The predicted molar refractivity (Wildman–Crippen MR) is 263 cm³/mol. The molecule has 0 aromatic rings. The predicted octanol–water partition coefficient (Wildman–Crippen LogP) is 7.72. The van der Waals surface area contributed by atoms with Gasteiger partial charge in [-0.1, -0.05) is 199 Å². The van der Waals surface area contributed by atoms with Gasteiger partial charge in [0, 0.05) is 6.42 Å². The van der Waals surface area contributed by atoms with Crippen LogP contribution in [0.4, 0.5) is 0 Å². The lowest BCUT2D eigenvalue weighted by Gasteiger charge is -2.46. The maximum absolute atomic E-state index is 13.2. The lowest BCUT2D eigenvalue weighted by Crippen LogP contribution is -2.65. The van der Waals surface area contributed by atoms with Gasteiger partial charge in [0.2, 0.25) is 5.91 Å². The summed E-state index contributed by atoms with van der Waals surface area (Å²) in [5, 5.41) is 86.8. The molecule has 394 valence electrons. The zero-order valence-electron chi connectivity index (χ0n) is 41.9. The minimum atomic E-state index is -1.79. The molecule has 14 heteroatoms. The number of amides is 1. The van der Waals surface area contributed by atoms with E-state index in [-0.39, 0.29) is 18.9 Å². The Labute approximate surface area is 405 Å². The van der Waals surface area contributed by atoms with E-state index in [0.717, 1.165) is 32.1 Å². The first kappa shape index (κ1) is 61.6. The highest BCUT2D eigenvalue weighted by molar-refractivity contribution is 5.76. The van der Waals surface area contributed by atoms with Gasteiger partial charge >= 0.3 is 0 Å². The Morgan fingerprint density at radius 3 is 1.46 bits per heavy atom. The van der Waals surface area contributed by atoms with Crippen LogP contribution in [0.15, 0.2) is 24.3 Å². The Kier molecular flexibility index (Phi) is 36.9. The topological polar surface area (TPSA) is 228 Å². The van der Waals surface area contributed by atoms with Crippen molar-refractivity contribution in [3.63, 3.8) is 0 Å². The fourth-order valence-electron chi connectivity index (χ4n) is 8.95. The van der Waals surface area contributed by atoms with E-state index in [2.05, 4.69) is 31.3 Å². The minimum absolute atomic E-state index is 0.247. The van der Waals surface area contributed by atoms with E-state index in [1.165, 1.54) is 148 Å². The van der Waals surface area contributed by atoms with E-state index < -0.39 is 86.8 Å². The van der Waals surface area contributed by atoms with Crippen molar-refractivity contribution in [1.82, 2.24) is 5.32 Å². The summed E-state index contributed by atoms with van der Waals surface area (Å²) in [5.74, 6) is -0.247. The third-order valence-corrected chi connectivity index (χ3v) is 13.4. The van der Waals surface area contributed by atoms with Crippen molar-refractivity contribution >= 4 is 5.91 Å². The average Bonchev–Trinajstić information content (AvgIpc) is 3.32. The maximum atomic E-state index is 13.2. The first-order valence-corrected chi connectivity index (χ1v) is 27.1. The highest BCUT2D eigenvalue weighted by Crippen LogP contribution is 2.30. The van der Waals surface area contributed by atoms with Crippen LogP contribution in [-0.2, 0) is 23.7 Å². The van der Waals surface area contributed by atoms with E-state index in [4.69, 9.17) is 18.9 Å². The first-order chi connectivity index (χ1) is 32.6. The van der Waals surface area contributed by atoms with Gasteiger partial charge in [-0.05, 0) is 32.1 Å². The van der Waals surface area contributed by atoms with Crippen molar-refractivity contribution < 1.29 is 64.6 Å². The van der Waals surface area contributed by atoms with Crippen LogP contribution < -0.4 is 5.32 Å². The largest absolute Gasteiger partial charge is 0.394 e. The molecule has 0 radical (unpaired) electrons. The number of rotatable bonds is 42. The second kappa shape index (κ2) is 40.1. The number of unbranched alkanes of at least 4 members (excludes halogenated alkanes) is 27. The molecule has 0 aromatic heterocycles. The molecule has 2 saturated heterocycles. The SMILES string of the molecule is CCCCCCCCCCCCC/C=C/CC/C=C/C(O)C(COC1OC(CO)C(OC2OC(CO)C(O)C(O)C2O)C(O)C1O)NC(=O)CCCCCCCCCCCCCCCCCC. The van der Waals surface area contributed by atoms with E-state index in [1.807, 2.05) is 6.08 Å². The van der Waals surface area contributed by atoms with Crippen LogP contribution in [0.1, 0.15) is 213 Å². The summed E-state index contributed by atoms with van der Waals surface area (Å²) in [6.07, 6.45) is 27.8. The molecule has 12 unspecified atom stereocenters. The standard InChI is InChI=1S/C53H99NO13/c1-3-5-7-9-11-13-15-17-19-21-22-24-26-28-30-32-34-36-42(57)41(54-45(58)37-35-33-31-29-27-25-23-20-18-16-14-12-10-8-6-4-2)40-64-52-50(63)48(61)51(44(39-56)66-52)67-53-49(62)47(60)46(59)43(38-55)65-53/h26,28,34,36,41-44,46-53,55-57,59-63H,3-25,27,29-33,35,37-40H2,1-2H3,(H,54,58)/b28-26+,36-34+. The third-order valence-electron chi connectivity index (χ3n) is 13.4. The summed E-state index contributed by atoms with van der Waals surface area (Å²) < 4.78 is 22.7. The molecule has 0 aliphatic carbocycles. The normalized spacial score (nSPS) is 26.7. The summed E-state index contributed by atoms with van der Waals surface area (Å²) >= 11 is 0. The summed E-state index contributed by atoms with van der Waals surface area (Å²) in [7, 11) is 0. The number of hydrogen-bond acceptors (Lipinski definition) is 13. The van der Waals surface area contributed by atoms with Crippen LogP contribution in [0.3, 0.4) is 0 Å². The lowest BCUT2D eigenvalue weighted by molar-refractivity contribution is -0.359. The van der Waals surface area contributed by atoms with Gasteiger partial charge in [0.05, 0.1) is 32.0 Å². The van der Waals surface area contributed by atoms with Crippen LogP contribution in [-0.4, -0.2) is 140 Å². The highest BCUT2D eigenvalue weighted by atomic mass is 16.7. The molecule has 14 nitrogen and oxygen atoms in total. The monoisotopic (exact) mass is 958 g/mol. The van der Waals surface area contributed by atoms with Crippen LogP contribution in [0.5, 0.6) is 0 Å². The van der Waals surface area contributed by atoms with Crippen molar-refractivity contribution in [2.24, 2.45) is 0 Å². The van der Waals surface area contributed by atoms with Crippen molar-refractivity contribution in [2.45, 2.75) is 286 Å². The number of aliphatic hydroxyl groups is 8. The highest BCUT2D eigenvalue weighted by Gasteiger charge is 2.51. The number of carbonyl (C=O) groups excluding carboxylic acids is 1. The van der Waals surface area contributed by atoms with Gasteiger partial charge in [-0.2, -0.15) is 0 Å².